The van der Waals surface area contributed by atoms with Crippen LogP contribution in [0.1, 0.15) is 21.0 Å². The van der Waals surface area contributed by atoms with Crippen molar-refractivity contribution in [3.63, 3.8) is 0 Å². The molecule has 4 aromatic rings. The van der Waals surface area contributed by atoms with Gasteiger partial charge in [0.25, 0.3) is 11.8 Å². The van der Waals surface area contributed by atoms with Gasteiger partial charge in [0.15, 0.2) is 0 Å². The Morgan fingerprint density at radius 3 is 2.40 bits per heavy atom. The molecule has 8 nitrogen and oxygen atoms in total. The van der Waals surface area contributed by atoms with Crippen molar-refractivity contribution >= 4 is 22.7 Å². The van der Waals surface area contributed by atoms with Crippen molar-refractivity contribution in [2.24, 2.45) is 0 Å². The molecular formula is C26H24FN5O3. The zero-order chi connectivity index (χ0) is 23.9. The van der Waals surface area contributed by atoms with Crippen molar-refractivity contribution in [3.8, 4) is 5.69 Å². The molecule has 0 radical (unpaired) electrons. The molecule has 4 heterocycles. The minimum Gasteiger partial charge on any atom is -0.441 e. The van der Waals surface area contributed by atoms with Crippen LogP contribution in [0.15, 0.2) is 71.6 Å². The molecule has 0 atom stereocenters. The fraction of sp³-hybridized carbons (Fsp3) is 0.269. The molecule has 2 fully saturated rings. The Morgan fingerprint density at radius 2 is 1.69 bits per heavy atom. The van der Waals surface area contributed by atoms with Crippen LogP contribution in [0.2, 0.25) is 0 Å². The van der Waals surface area contributed by atoms with Crippen molar-refractivity contribution in [1.82, 2.24) is 24.3 Å². The molecule has 0 bridgehead atoms. The summed E-state index contributed by atoms with van der Waals surface area (Å²) in [6, 6.07) is 14.3. The lowest BCUT2D eigenvalue weighted by Crippen LogP contribution is -2.64. The van der Waals surface area contributed by atoms with E-state index in [0.717, 1.165) is 29.7 Å². The van der Waals surface area contributed by atoms with E-state index in [1.807, 2.05) is 39.9 Å². The number of piperazine rings is 1. The maximum Gasteiger partial charge on any atom is 0.309 e. The van der Waals surface area contributed by atoms with Crippen LogP contribution in [0.4, 0.5) is 4.39 Å². The molecule has 0 unspecified atom stereocenters. The van der Waals surface area contributed by atoms with Crippen LogP contribution in [0.25, 0.3) is 16.6 Å². The first-order valence-electron chi connectivity index (χ1n) is 11.7. The molecule has 0 N–H and O–H groups in total. The largest absolute Gasteiger partial charge is 0.441 e. The third-order valence-corrected chi connectivity index (χ3v) is 6.92. The highest BCUT2D eigenvalue weighted by Crippen LogP contribution is 2.25. The summed E-state index contributed by atoms with van der Waals surface area (Å²) in [5.41, 5.74) is 2.49. The van der Waals surface area contributed by atoms with Crippen LogP contribution in [-0.4, -0.2) is 81.4 Å². The summed E-state index contributed by atoms with van der Waals surface area (Å²) >= 11 is 0. The van der Waals surface area contributed by atoms with E-state index in [4.69, 9.17) is 4.42 Å². The predicted molar refractivity (Wildman–Crippen MR) is 127 cm³/mol. The smallest absolute Gasteiger partial charge is 0.309 e. The number of benzene rings is 2. The molecule has 35 heavy (non-hydrogen) atoms. The van der Waals surface area contributed by atoms with Crippen LogP contribution in [0, 0.1) is 5.82 Å². The lowest BCUT2D eigenvalue weighted by atomic mass is 10.0. The average Bonchev–Trinajstić information content (AvgIpc) is 3.54. The SMILES string of the molecule is O=C(c1ccc2c(ccn2-c2ccc(F)cc2)c1)N1CC(N2CCN(C(=O)c3ncco3)CC2)C1. The number of fused-ring (bicyclic) bond motifs is 1. The number of amides is 2. The van der Waals surface area contributed by atoms with Gasteiger partial charge in [-0.15, -0.1) is 0 Å². The maximum absolute atomic E-state index is 13.3. The van der Waals surface area contributed by atoms with Gasteiger partial charge in [-0.25, -0.2) is 9.37 Å². The number of nitrogens with zero attached hydrogens (tertiary/aromatic N) is 5. The van der Waals surface area contributed by atoms with Crippen molar-refractivity contribution in [3.05, 3.63) is 84.5 Å². The van der Waals surface area contributed by atoms with E-state index in [-0.39, 0.29) is 23.5 Å². The van der Waals surface area contributed by atoms with Gasteiger partial charge in [0.1, 0.15) is 12.1 Å². The van der Waals surface area contributed by atoms with Crippen LogP contribution in [0.3, 0.4) is 0 Å². The monoisotopic (exact) mass is 473 g/mol. The minimum atomic E-state index is -0.271. The Hall–Kier alpha value is -3.98. The summed E-state index contributed by atoms with van der Waals surface area (Å²) in [5.74, 6) is -0.296. The molecular weight excluding hydrogens is 449 g/mol. The standard InChI is InChI=1S/C26H24FN5O3/c27-20-2-4-21(5-3-20)32-9-7-18-15-19(1-6-23(18)32)25(33)31-16-22(17-31)29-10-12-30(13-11-29)26(34)24-28-8-14-35-24/h1-9,14-15,22H,10-13,16-17H2. The second-order valence-electron chi connectivity index (χ2n) is 8.97. The molecule has 2 aromatic heterocycles. The summed E-state index contributed by atoms with van der Waals surface area (Å²) in [4.78, 5) is 35.4. The van der Waals surface area contributed by atoms with Crippen LogP contribution < -0.4 is 0 Å². The van der Waals surface area contributed by atoms with Crippen molar-refractivity contribution in [2.45, 2.75) is 6.04 Å². The van der Waals surface area contributed by atoms with E-state index in [0.29, 0.717) is 37.8 Å². The predicted octanol–water partition coefficient (Wildman–Crippen LogP) is 3.04. The molecule has 2 saturated heterocycles. The van der Waals surface area contributed by atoms with Crippen LogP contribution in [-0.2, 0) is 0 Å². The van der Waals surface area contributed by atoms with E-state index in [2.05, 4.69) is 9.88 Å². The van der Waals surface area contributed by atoms with Crippen molar-refractivity contribution in [2.75, 3.05) is 39.3 Å². The molecule has 9 heteroatoms. The number of carbonyl (C=O) groups excluding carboxylic acids is 2. The lowest BCUT2D eigenvalue weighted by Gasteiger charge is -2.48. The number of likely N-dealkylation sites (tertiary alicyclic amines) is 1. The van der Waals surface area contributed by atoms with E-state index in [1.165, 1.54) is 24.6 Å². The fourth-order valence-corrected chi connectivity index (χ4v) is 4.89. The van der Waals surface area contributed by atoms with Crippen LogP contribution >= 0.6 is 0 Å². The van der Waals surface area contributed by atoms with E-state index in [9.17, 15) is 14.0 Å². The molecule has 0 aliphatic carbocycles. The Kier molecular flexibility index (Phi) is 5.33. The molecule has 6 rings (SSSR count). The Labute approximate surface area is 201 Å². The van der Waals surface area contributed by atoms with Crippen molar-refractivity contribution in [1.29, 1.82) is 0 Å². The fourth-order valence-electron chi connectivity index (χ4n) is 4.89. The Bertz CT molecular complexity index is 1370. The van der Waals surface area contributed by atoms with Gasteiger partial charge in [-0.2, -0.15) is 0 Å². The van der Waals surface area contributed by atoms with Gasteiger partial charge < -0.3 is 18.8 Å². The topological polar surface area (TPSA) is 74.8 Å². The van der Waals surface area contributed by atoms with Gasteiger partial charge in [-0.3, -0.25) is 14.5 Å². The summed E-state index contributed by atoms with van der Waals surface area (Å²) < 4.78 is 20.4. The van der Waals surface area contributed by atoms with Gasteiger partial charge in [-0.1, -0.05) is 0 Å². The molecule has 2 amide bonds. The Balaban J connectivity index is 1.06. The molecule has 2 aliphatic heterocycles. The first-order valence-corrected chi connectivity index (χ1v) is 11.7. The second kappa shape index (κ2) is 8.66. The van der Waals surface area contributed by atoms with Gasteiger partial charge in [0.2, 0.25) is 0 Å². The quantitative estimate of drug-likeness (QED) is 0.456. The van der Waals surface area contributed by atoms with E-state index in [1.54, 1.807) is 17.0 Å². The number of carbonyl (C=O) groups is 2. The minimum absolute atomic E-state index is 0.0235. The van der Waals surface area contributed by atoms with E-state index < -0.39 is 0 Å². The third kappa shape index (κ3) is 3.97. The van der Waals surface area contributed by atoms with Gasteiger partial charge in [-0.05, 0) is 48.5 Å². The summed E-state index contributed by atoms with van der Waals surface area (Å²) in [6.07, 6.45) is 4.81. The van der Waals surface area contributed by atoms with Crippen LogP contribution in [0.5, 0.6) is 0 Å². The summed E-state index contributed by atoms with van der Waals surface area (Å²) in [6.45, 7) is 4.13. The third-order valence-electron chi connectivity index (χ3n) is 6.92. The van der Waals surface area contributed by atoms with Gasteiger partial charge >= 0.3 is 5.91 Å². The average molecular weight is 474 g/mol. The number of oxazole rings is 1. The molecule has 0 spiro atoms. The number of halogens is 1. The number of hydrogen-bond donors (Lipinski definition) is 0. The first kappa shape index (κ1) is 21.5. The highest BCUT2D eigenvalue weighted by Gasteiger charge is 2.37. The molecule has 2 aromatic carbocycles. The highest BCUT2D eigenvalue weighted by molar-refractivity contribution is 5.99. The van der Waals surface area contributed by atoms with E-state index >= 15 is 0 Å². The normalized spacial score (nSPS) is 17.1. The zero-order valence-corrected chi connectivity index (χ0v) is 19.0. The first-order chi connectivity index (χ1) is 17.1. The van der Waals surface area contributed by atoms with Crippen molar-refractivity contribution < 1.29 is 18.4 Å². The number of hydrogen-bond acceptors (Lipinski definition) is 5. The zero-order valence-electron chi connectivity index (χ0n) is 19.0. The molecule has 0 saturated carbocycles. The number of aromatic nitrogens is 2. The molecule has 2 aliphatic rings. The van der Waals surface area contributed by atoms with Gasteiger partial charge in [0, 0.05) is 68.1 Å². The molecule has 178 valence electrons. The lowest BCUT2D eigenvalue weighted by molar-refractivity contribution is 0.00780. The maximum atomic E-state index is 13.3. The second-order valence-corrected chi connectivity index (χ2v) is 8.97. The highest BCUT2D eigenvalue weighted by atomic mass is 19.1. The number of rotatable bonds is 4. The summed E-state index contributed by atoms with van der Waals surface area (Å²) in [5, 5.41) is 0.962. The Morgan fingerprint density at radius 1 is 0.914 bits per heavy atom. The summed E-state index contributed by atoms with van der Waals surface area (Å²) in [7, 11) is 0. The van der Waals surface area contributed by atoms with Gasteiger partial charge in [0.05, 0.1) is 11.7 Å².